The van der Waals surface area contributed by atoms with Crippen molar-refractivity contribution in [2.45, 2.75) is 71.1 Å². The lowest BCUT2D eigenvalue weighted by Gasteiger charge is -2.23. The smallest absolute Gasteiger partial charge is 0.463 e. The van der Waals surface area contributed by atoms with Gasteiger partial charge in [0.1, 0.15) is 19.8 Å². The molecule has 0 spiro atoms. The first-order valence-corrected chi connectivity index (χ1v) is 12.4. The Labute approximate surface area is 177 Å². The van der Waals surface area contributed by atoms with Crippen molar-refractivity contribution in [2.75, 3.05) is 47.5 Å². The molecule has 0 aliphatic rings. The third-order valence-corrected chi connectivity index (χ3v) is 5.28. The van der Waals surface area contributed by atoms with E-state index in [4.69, 9.17) is 13.8 Å². The summed E-state index contributed by atoms with van der Waals surface area (Å²) >= 11 is 0. The Hall–Kier alpha value is -0.720. The number of allylic oxidation sites excluding steroid dienone is 2. The highest BCUT2D eigenvalue weighted by Gasteiger charge is 2.22. The summed E-state index contributed by atoms with van der Waals surface area (Å²) in [6.45, 7) is 2.70. The highest BCUT2D eigenvalue weighted by molar-refractivity contribution is 7.47. The summed E-state index contributed by atoms with van der Waals surface area (Å²) in [5.74, 6) is -0.300. The molecule has 0 aromatic rings. The summed E-state index contributed by atoms with van der Waals surface area (Å²) < 4.78 is 27.0. The number of nitrogens with zero attached hydrogens (tertiary/aromatic N) is 1. The number of phosphoric acid groups is 1. The summed E-state index contributed by atoms with van der Waals surface area (Å²) in [7, 11) is 1.78. The molecule has 1 N–H and O–H groups in total. The monoisotopic (exact) mass is 436 g/mol. The number of carbonyl (C=O) groups excluding carboxylic acids is 1. The van der Waals surface area contributed by atoms with Gasteiger partial charge in [0.05, 0.1) is 27.7 Å². The maximum Gasteiger partial charge on any atom is 0.472 e. The first kappa shape index (κ1) is 28.3. The van der Waals surface area contributed by atoms with Gasteiger partial charge in [-0.05, 0) is 25.7 Å². The van der Waals surface area contributed by atoms with Gasteiger partial charge in [0.15, 0.2) is 0 Å². The minimum Gasteiger partial charge on any atom is -0.463 e. The predicted molar refractivity (Wildman–Crippen MR) is 117 cm³/mol. The molecule has 8 heteroatoms. The Kier molecular flexibility index (Phi) is 16.6. The van der Waals surface area contributed by atoms with E-state index in [2.05, 4.69) is 19.1 Å². The first-order chi connectivity index (χ1) is 13.7. The summed E-state index contributed by atoms with van der Waals surface area (Å²) in [4.78, 5) is 21.2. The molecular weight excluding hydrogens is 393 g/mol. The van der Waals surface area contributed by atoms with Crippen LogP contribution >= 0.6 is 7.82 Å². The van der Waals surface area contributed by atoms with Gasteiger partial charge in [-0.25, -0.2) is 4.57 Å². The van der Waals surface area contributed by atoms with Crippen LogP contribution in [-0.4, -0.2) is 62.9 Å². The lowest BCUT2D eigenvalue weighted by atomic mass is 10.1. The van der Waals surface area contributed by atoms with Gasteiger partial charge in [-0.15, -0.1) is 0 Å². The zero-order valence-electron chi connectivity index (χ0n) is 18.9. The molecule has 0 amide bonds. The lowest BCUT2D eigenvalue weighted by molar-refractivity contribution is -0.870. The van der Waals surface area contributed by atoms with Gasteiger partial charge in [0, 0.05) is 6.42 Å². The molecule has 172 valence electrons. The number of quaternary nitrogens is 1. The Morgan fingerprint density at radius 1 is 0.897 bits per heavy atom. The SMILES string of the molecule is CCCC/C=C/CCCCCCCC(=O)OCCOP(=O)(O)OCC[N+](C)(C)C. The first-order valence-electron chi connectivity index (χ1n) is 10.9. The molecule has 0 rings (SSSR count). The Bertz CT molecular complexity index is 490. The zero-order chi connectivity index (χ0) is 22.0. The second-order valence-electron chi connectivity index (χ2n) is 8.29. The van der Waals surface area contributed by atoms with E-state index < -0.39 is 7.82 Å². The van der Waals surface area contributed by atoms with Gasteiger partial charge in [-0.2, -0.15) is 0 Å². The molecular formula is C21H43NO6P+. The Balaban J connectivity index is 3.54. The number of hydrogen-bond donors (Lipinski definition) is 1. The summed E-state index contributed by atoms with van der Waals surface area (Å²) in [6.07, 6.45) is 15.1. The van der Waals surface area contributed by atoms with Gasteiger partial charge in [0.25, 0.3) is 0 Å². The molecule has 0 saturated carbocycles. The van der Waals surface area contributed by atoms with E-state index in [9.17, 15) is 14.3 Å². The van der Waals surface area contributed by atoms with E-state index in [1.165, 1.54) is 32.1 Å². The third kappa shape index (κ3) is 21.8. The van der Waals surface area contributed by atoms with Crippen LogP contribution in [0.25, 0.3) is 0 Å². The van der Waals surface area contributed by atoms with E-state index in [0.717, 1.165) is 25.7 Å². The molecule has 0 aromatic carbocycles. The number of esters is 1. The van der Waals surface area contributed by atoms with Crippen LogP contribution in [0.5, 0.6) is 0 Å². The molecule has 0 heterocycles. The molecule has 0 aromatic heterocycles. The molecule has 0 aliphatic heterocycles. The van der Waals surface area contributed by atoms with Gasteiger partial charge >= 0.3 is 13.8 Å². The van der Waals surface area contributed by atoms with Gasteiger partial charge in [-0.3, -0.25) is 13.8 Å². The average molecular weight is 437 g/mol. The lowest BCUT2D eigenvalue weighted by Crippen LogP contribution is -2.37. The van der Waals surface area contributed by atoms with E-state index in [1.807, 2.05) is 21.1 Å². The fourth-order valence-corrected chi connectivity index (χ4v) is 3.16. The highest BCUT2D eigenvalue weighted by Crippen LogP contribution is 2.42. The van der Waals surface area contributed by atoms with Crippen molar-refractivity contribution in [2.24, 2.45) is 0 Å². The van der Waals surface area contributed by atoms with Crippen LogP contribution in [-0.2, 0) is 23.1 Å². The standard InChI is InChI=1S/C21H42NO6P/c1-5-6-7-8-9-10-11-12-13-14-15-16-21(23)26-19-20-28-29(24,25)27-18-17-22(2,3)4/h8-9H,5-7,10-20H2,1-4H3/p+1/b9-8+. The van der Waals surface area contributed by atoms with Crippen LogP contribution in [0.3, 0.4) is 0 Å². The van der Waals surface area contributed by atoms with Crippen LogP contribution in [0.15, 0.2) is 12.2 Å². The van der Waals surface area contributed by atoms with E-state index >= 15 is 0 Å². The quantitative estimate of drug-likeness (QED) is 0.103. The normalized spacial score (nSPS) is 14.2. The average Bonchev–Trinajstić information content (AvgIpc) is 2.62. The van der Waals surface area contributed by atoms with E-state index in [1.54, 1.807) is 0 Å². The second kappa shape index (κ2) is 17.0. The number of ether oxygens (including phenoxy) is 1. The number of hydrogen-bond acceptors (Lipinski definition) is 5. The van der Waals surface area contributed by atoms with Crippen molar-refractivity contribution in [1.29, 1.82) is 0 Å². The van der Waals surface area contributed by atoms with Crippen molar-refractivity contribution >= 4 is 13.8 Å². The maximum atomic E-state index is 11.7. The van der Waals surface area contributed by atoms with Crippen molar-refractivity contribution in [1.82, 2.24) is 0 Å². The van der Waals surface area contributed by atoms with Crippen LogP contribution in [0, 0.1) is 0 Å². The summed E-state index contributed by atoms with van der Waals surface area (Å²) in [6, 6.07) is 0. The second-order valence-corrected chi connectivity index (χ2v) is 9.74. The number of rotatable bonds is 19. The molecule has 0 fully saturated rings. The van der Waals surface area contributed by atoms with Crippen molar-refractivity contribution in [3.63, 3.8) is 0 Å². The molecule has 0 aliphatic carbocycles. The van der Waals surface area contributed by atoms with Crippen LogP contribution in [0.2, 0.25) is 0 Å². The number of unbranched alkanes of at least 4 members (excludes halogenated alkanes) is 7. The fourth-order valence-electron chi connectivity index (χ4n) is 2.47. The molecule has 0 saturated heterocycles. The third-order valence-electron chi connectivity index (χ3n) is 4.26. The summed E-state index contributed by atoms with van der Waals surface area (Å²) in [5, 5.41) is 0. The predicted octanol–water partition coefficient (Wildman–Crippen LogP) is 4.85. The number of carbonyl (C=O) groups is 1. The molecule has 1 unspecified atom stereocenters. The molecule has 1 atom stereocenters. The van der Waals surface area contributed by atoms with Crippen molar-refractivity contribution < 1.29 is 32.5 Å². The number of phosphoric ester groups is 1. The molecule has 0 bridgehead atoms. The van der Waals surface area contributed by atoms with Crippen LogP contribution < -0.4 is 0 Å². The molecule has 7 nitrogen and oxygen atoms in total. The highest BCUT2D eigenvalue weighted by atomic mass is 31.2. The Morgan fingerprint density at radius 3 is 2.14 bits per heavy atom. The van der Waals surface area contributed by atoms with Crippen LogP contribution in [0.4, 0.5) is 0 Å². The minimum absolute atomic E-state index is 0.0492. The van der Waals surface area contributed by atoms with Crippen molar-refractivity contribution in [3.05, 3.63) is 12.2 Å². The van der Waals surface area contributed by atoms with Gasteiger partial charge < -0.3 is 14.1 Å². The maximum absolute atomic E-state index is 11.7. The fraction of sp³-hybridized carbons (Fsp3) is 0.857. The number of likely N-dealkylation sites (N-methyl/N-ethyl adjacent to an activating group) is 1. The molecule has 29 heavy (non-hydrogen) atoms. The minimum atomic E-state index is -4.09. The van der Waals surface area contributed by atoms with Crippen molar-refractivity contribution in [3.8, 4) is 0 Å². The molecule has 0 radical (unpaired) electrons. The van der Waals surface area contributed by atoms with Crippen LogP contribution in [0.1, 0.15) is 71.1 Å². The Morgan fingerprint density at radius 2 is 1.48 bits per heavy atom. The largest absolute Gasteiger partial charge is 0.472 e. The van der Waals surface area contributed by atoms with E-state index in [-0.39, 0.29) is 25.8 Å². The van der Waals surface area contributed by atoms with Gasteiger partial charge in [0.2, 0.25) is 0 Å². The van der Waals surface area contributed by atoms with Gasteiger partial charge in [-0.1, -0.05) is 51.2 Å². The summed E-state index contributed by atoms with van der Waals surface area (Å²) in [5.41, 5.74) is 0. The zero-order valence-corrected chi connectivity index (χ0v) is 19.8. The van der Waals surface area contributed by atoms with E-state index in [0.29, 0.717) is 17.4 Å². The topological polar surface area (TPSA) is 82.1 Å².